The Morgan fingerprint density at radius 2 is 1.90 bits per heavy atom. The molecule has 0 aliphatic carbocycles. The molecule has 6 rings (SSSR count). The number of nitrogens with one attached hydrogen (secondary N) is 4. The number of nitrogens with zero attached hydrogens (tertiary/aromatic N) is 4. The first kappa shape index (κ1) is 26.4. The van der Waals surface area contributed by atoms with Gasteiger partial charge in [-0.15, -0.1) is 0 Å². The molecule has 10 nitrogen and oxygen atoms in total. The van der Waals surface area contributed by atoms with Crippen LogP contribution in [0.1, 0.15) is 23.0 Å². The minimum absolute atomic E-state index is 0.233. The summed E-state index contributed by atoms with van der Waals surface area (Å²) >= 11 is 12.9. The number of nitrogens with two attached hydrogens (primary N) is 1. The number of carbonyl (C=O) groups is 1. The van der Waals surface area contributed by atoms with Gasteiger partial charge in [0.25, 0.3) is 0 Å². The summed E-state index contributed by atoms with van der Waals surface area (Å²) in [6, 6.07) is 21.9. The van der Waals surface area contributed by atoms with Crippen LogP contribution in [0.25, 0.3) is 27.8 Å². The van der Waals surface area contributed by atoms with Gasteiger partial charge in [-0.1, -0.05) is 59.6 Å². The quantitative estimate of drug-likeness (QED) is 0.153. The molecule has 1 atom stereocenters. The third kappa shape index (κ3) is 5.74. The summed E-state index contributed by atoms with van der Waals surface area (Å²) in [6.07, 6.45) is 4.02. The number of aromatic nitrogens is 6. The Morgan fingerprint density at radius 1 is 1.05 bits per heavy atom. The molecular weight excluding hydrogens is 561 g/mol. The number of fused-ring (bicyclic) bond motifs is 1. The summed E-state index contributed by atoms with van der Waals surface area (Å²) in [5.74, 6) is 0.946. The molecule has 0 saturated carbocycles. The van der Waals surface area contributed by atoms with Gasteiger partial charge < -0.3 is 21.4 Å². The molecule has 12 heteroatoms. The van der Waals surface area contributed by atoms with Gasteiger partial charge in [0.15, 0.2) is 5.82 Å². The van der Waals surface area contributed by atoms with E-state index in [0.717, 1.165) is 33.3 Å². The molecule has 0 radical (unpaired) electrons. The van der Waals surface area contributed by atoms with Crippen LogP contribution in [0, 0.1) is 0 Å². The monoisotopic (exact) mass is 585 g/mol. The van der Waals surface area contributed by atoms with Crippen LogP contribution in [0.4, 0.5) is 10.6 Å². The first-order valence-corrected chi connectivity index (χ1v) is 13.6. The summed E-state index contributed by atoms with van der Waals surface area (Å²) in [5, 5.41) is 19.0. The second-order valence-corrected chi connectivity index (χ2v) is 10.3. The Morgan fingerprint density at radius 3 is 2.71 bits per heavy atom. The van der Waals surface area contributed by atoms with Gasteiger partial charge in [0.05, 0.1) is 17.2 Å². The van der Waals surface area contributed by atoms with Crippen molar-refractivity contribution in [2.24, 2.45) is 0 Å². The first-order chi connectivity index (χ1) is 19.9. The lowest BCUT2D eigenvalue weighted by Crippen LogP contribution is -2.39. The lowest BCUT2D eigenvalue weighted by atomic mass is 10.1. The van der Waals surface area contributed by atoms with E-state index in [1.54, 1.807) is 16.9 Å². The first-order valence-electron chi connectivity index (χ1n) is 12.8. The number of benzene rings is 3. The highest BCUT2D eigenvalue weighted by atomic mass is 35.5. The van der Waals surface area contributed by atoms with Gasteiger partial charge in [-0.25, -0.2) is 14.5 Å². The van der Waals surface area contributed by atoms with Crippen LogP contribution in [0.5, 0.6) is 0 Å². The molecule has 206 valence electrons. The van der Waals surface area contributed by atoms with Crippen molar-refractivity contribution < 1.29 is 4.79 Å². The molecule has 41 heavy (non-hydrogen) atoms. The Hall–Kier alpha value is -4.80. The van der Waals surface area contributed by atoms with Crippen LogP contribution in [-0.2, 0) is 13.0 Å². The minimum Gasteiger partial charge on any atom is -0.382 e. The van der Waals surface area contributed by atoms with E-state index in [0.29, 0.717) is 33.9 Å². The van der Waals surface area contributed by atoms with E-state index < -0.39 is 6.04 Å². The molecule has 0 saturated heterocycles. The van der Waals surface area contributed by atoms with E-state index in [2.05, 4.69) is 30.9 Å². The number of urea groups is 1. The number of rotatable bonds is 8. The van der Waals surface area contributed by atoms with Crippen molar-refractivity contribution in [2.75, 3.05) is 5.73 Å². The van der Waals surface area contributed by atoms with Crippen LogP contribution in [0.15, 0.2) is 85.2 Å². The molecule has 6 aromatic rings. The van der Waals surface area contributed by atoms with E-state index in [9.17, 15) is 4.79 Å². The maximum absolute atomic E-state index is 13.2. The fourth-order valence-electron chi connectivity index (χ4n) is 4.69. The van der Waals surface area contributed by atoms with Gasteiger partial charge in [0.2, 0.25) is 0 Å². The summed E-state index contributed by atoms with van der Waals surface area (Å²) in [6.45, 7) is 0.233. The molecule has 3 heterocycles. The number of carbonyl (C=O) groups excluding carboxylic acids is 1. The second-order valence-electron chi connectivity index (χ2n) is 9.45. The zero-order chi connectivity index (χ0) is 28.3. The molecule has 0 aliphatic rings. The fraction of sp³-hybridized carbons (Fsp3) is 0.103. The molecule has 0 bridgehead atoms. The Labute approximate surface area is 244 Å². The van der Waals surface area contributed by atoms with Crippen molar-refractivity contribution in [1.29, 1.82) is 0 Å². The lowest BCUT2D eigenvalue weighted by Gasteiger charge is -2.18. The van der Waals surface area contributed by atoms with Gasteiger partial charge in [-0.3, -0.25) is 5.10 Å². The second kappa shape index (κ2) is 11.4. The predicted octanol–water partition coefficient (Wildman–Crippen LogP) is 5.81. The van der Waals surface area contributed by atoms with Gasteiger partial charge >= 0.3 is 6.03 Å². The van der Waals surface area contributed by atoms with Crippen LogP contribution in [0.3, 0.4) is 0 Å². The Bertz CT molecular complexity index is 1810. The standard InChI is InChI=1S/C29H25Cl2N9O/c30-20-8-10-24(40-12-4-11-34-40)19(14-20)16-33-29(41)35-23(13-17-5-2-1-3-6-17)28-36-25(26(31)37-28)18-7-9-21-22(15-18)38-39-27(21)32/h1-12,14-15,23H,13,16H2,(H,36,37)(H3,32,38,39)(H2,33,35,41)/t23-/m0/s1. The highest BCUT2D eigenvalue weighted by Crippen LogP contribution is 2.31. The van der Waals surface area contributed by atoms with Crippen LogP contribution in [0.2, 0.25) is 10.2 Å². The molecule has 0 aliphatic heterocycles. The van der Waals surface area contributed by atoms with Gasteiger partial charge in [0, 0.05) is 34.9 Å². The normalized spacial score (nSPS) is 12.0. The van der Waals surface area contributed by atoms with Crippen molar-refractivity contribution in [1.82, 2.24) is 40.6 Å². The molecule has 0 spiro atoms. The van der Waals surface area contributed by atoms with Crippen molar-refractivity contribution in [3.05, 3.63) is 112 Å². The maximum Gasteiger partial charge on any atom is 0.315 e. The van der Waals surface area contributed by atoms with E-state index >= 15 is 0 Å². The Kier molecular flexibility index (Phi) is 7.32. The van der Waals surface area contributed by atoms with Crippen molar-refractivity contribution in [2.45, 2.75) is 19.0 Å². The van der Waals surface area contributed by atoms with Crippen molar-refractivity contribution in [3.8, 4) is 16.9 Å². The van der Waals surface area contributed by atoms with E-state index in [4.69, 9.17) is 33.9 Å². The minimum atomic E-state index is -0.500. The number of aromatic amines is 2. The predicted molar refractivity (Wildman–Crippen MR) is 160 cm³/mol. The highest BCUT2D eigenvalue weighted by molar-refractivity contribution is 6.32. The van der Waals surface area contributed by atoms with Gasteiger partial charge in [0.1, 0.15) is 16.7 Å². The van der Waals surface area contributed by atoms with Crippen LogP contribution in [-0.4, -0.2) is 36.0 Å². The third-order valence-electron chi connectivity index (χ3n) is 6.69. The summed E-state index contributed by atoms with van der Waals surface area (Å²) in [7, 11) is 0. The summed E-state index contributed by atoms with van der Waals surface area (Å²) in [5.41, 5.74) is 10.7. The zero-order valence-electron chi connectivity index (χ0n) is 21.6. The van der Waals surface area contributed by atoms with E-state index in [1.165, 1.54) is 0 Å². The highest BCUT2D eigenvalue weighted by Gasteiger charge is 2.22. The smallest absolute Gasteiger partial charge is 0.315 e. The zero-order valence-corrected chi connectivity index (χ0v) is 23.1. The van der Waals surface area contributed by atoms with Crippen molar-refractivity contribution in [3.63, 3.8) is 0 Å². The van der Waals surface area contributed by atoms with E-state index in [-0.39, 0.29) is 12.6 Å². The number of halogens is 2. The van der Waals surface area contributed by atoms with Crippen LogP contribution < -0.4 is 16.4 Å². The number of nitrogen functional groups attached to an aromatic ring is 1. The number of hydrogen-bond donors (Lipinski definition) is 5. The average Bonchev–Trinajstić information content (AvgIpc) is 3.73. The molecule has 2 amide bonds. The molecule has 6 N–H and O–H groups in total. The molecule has 3 aromatic carbocycles. The Balaban J connectivity index is 1.24. The largest absolute Gasteiger partial charge is 0.382 e. The number of imidazole rings is 1. The topological polar surface area (TPSA) is 142 Å². The molecular formula is C29H25Cl2N9O. The molecule has 0 unspecified atom stereocenters. The number of H-pyrrole nitrogens is 2. The summed E-state index contributed by atoms with van der Waals surface area (Å²) < 4.78 is 1.73. The number of hydrogen-bond acceptors (Lipinski definition) is 5. The number of amides is 2. The van der Waals surface area contributed by atoms with Crippen molar-refractivity contribution >= 4 is 46.0 Å². The lowest BCUT2D eigenvalue weighted by molar-refractivity contribution is 0.236. The molecule has 3 aromatic heterocycles. The van der Waals surface area contributed by atoms with E-state index in [1.807, 2.05) is 72.9 Å². The third-order valence-corrected chi connectivity index (χ3v) is 7.20. The van der Waals surface area contributed by atoms with Gasteiger partial charge in [-0.2, -0.15) is 10.2 Å². The average molecular weight is 586 g/mol. The fourth-order valence-corrected chi connectivity index (χ4v) is 5.14. The SMILES string of the molecule is Nc1n[nH]c2cc(-c3nc([C@H](Cc4ccccc4)NC(=O)NCc4cc(Cl)ccc4-n4cccn4)[nH]c3Cl)ccc12. The number of anilines is 1. The van der Waals surface area contributed by atoms with Crippen LogP contribution >= 0.6 is 23.2 Å². The molecule has 0 fully saturated rings. The van der Waals surface area contributed by atoms with Gasteiger partial charge in [-0.05, 0) is 53.9 Å². The summed E-state index contributed by atoms with van der Waals surface area (Å²) in [4.78, 5) is 21.2. The maximum atomic E-state index is 13.2.